The van der Waals surface area contributed by atoms with Crippen molar-refractivity contribution in [1.29, 1.82) is 0 Å². The molecule has 1 aromatic rings. The standard InChI is InChI=1S/C29H37ClN2O8/c1-13-11-19-17(14(2)12-33)10-9-15(3)28(19,37)22(25(13)39-16(4)34)21-23(26(35)36)31-27-29(21,38)18-7-6-8-20(30)24(18)32(5)40-27/h6-8,11-12,14-15,17,19,21-23,25,27,31,37-38H,9-10H2,1-5H3,(H,35,36)/t14?,15-,17+,19-,21+,22+,23+,25?,27-,28-,29+/m1/s1. The van der Waals surface area contributed by atoms with Crippen LogP contribution in [0.3, 0.4) is 0 Å². The maximum atomic E-state index is 12.9. The lowest BCUT2D eigenvalue weighted by Crippen LogP contribution is -2.67. The number of benzene rings is 1. The summed E-state index contributed by atoms with van der Waals surface area (Å²) in [6, 6.07) is 3.59. The number of carbonyl (C=O) groups excluding carboxylic acids is 2. The van der Waals surface area contributed by atoms with Crippen LogP contribution in [0.15, 0.2) is 29.8 Å². The molecule has 0 spiro atoms. The number of nitrogens with one attached hydrogen (secondary N) is 1. The van der Waals surface area contributed by atoms with Crippen molar-refractivity contribution in [2.45, 2.75) is 70.1 Å². The monoisotopic (exact) mass is 576 g/mol. The molecule has 0 aromatic heterocycles. The summed E-state index contributed by atoms with van der Waals surface area (Å²) in [5.74, 6) is -5.68. The number of fused-ring (bicyclic) bond motifs is 4. The van der Waals surface area contributed by atoms with Gasteiger partial charge in [0.2, 0.25) is 0 Å². The van der Waals surface area contributed by atoms with E-state index in [0.717, 1.165) is 6.29 Å². The fourth-order valence-electron chi connectivity index (χ4n) is 8.08. The fourth-order valence-corrected chi connectivity index (χ4v) is 8.37. The molecule has 10 nitrogen and oxygen atoms in total. The van der Waals surface area contributed by atoms with Gasteiger partial charge in [0.1, 0.15) is 24.0 Å². The molecule has 0 radical (unpaired) electrons. The number of rotatable bonds is 5. The lowest BCUT2D eigenvalue weighted by atomic mass is 9.49. The number of carboxylic acids is 1. The Hall–Kier alpha value is -2.50. The van der Waals surface area contributed by atoms with E-state index in [0.29, 0.717) is 34.7 Å². The fraction of sp³-hybridized carbons (Fsp3) is 0.621. The smallest absolute Gasteiger partial charge is 0.321 e. The highest BCUT2D eigenvalue weighted by Gasteiger charge is 2.71. The number of esters is 1. The van der Waals surface area contributed by atoms with Crippen molar-refractivity contribution in [2.24, 2.45) is 35.5 Å². The first kappa shape index (κ1) is 29.0. The van der Waals surface area contributed by atoms with Crippen molar-refractivity contribution in [2.75, 3.05) is 12.1 Å². The third-order valence-electron chi connectivity index (χ3n) is 9.90. The molecular formula is C29H37ClN2O8. The van der Waals surface area contributed by atoms with Crippen LogP contribution in [0.25, 0.3) is 0 Å². The second-order valence-corrected chi connectivity index (χ2v) is 12.4. The van der Waals surface area contributed by atoms with Crippen LogP contribution in [0.5, 0.6) is 0 Å². The van der Waals surface area contributed by atoms with Gasteiger partial charge in [-0.1, -0.05) is 43.7 Å². The zero-order chi connectivity index (χ0) is 29.3. The van der Waals surface area contributed by atoms with Gasteiger partial charge in [-0.15, -0.1) is 0 Å². The number of carbonyl (C=O) groups is 3. The Morgan fingerprint density at radius 3 is 2.60 bits per heavy atom. The summed E-state index contributed by atoms with van der Waals surface area (Å²) in [7, 11) is 1.61. The van der Waals surface area contributed by atoms with Gasteiger partial charge in [0.25, 0.3) is 0 Å². The lowest BCUT2D eigenvalue weighted by molar-refractivity contribution is -0.227. The zero-order valence-electron chi connectivity index (χ0n) is 23.2. The van der Waals surface area contributed by atoms with Gasteiger partial charge in [-0.05, 0) is 43.2 Å². The highest BCUT2D eigenvalue weighted by molar-refractivity contribution is 6.33. The van der Waals surface area contributed by atoms with Crippen LogP contribution in [0.2, 0.25) is 5.02 Å². The van der Waals surface area contributed by atoms with Gasteiger partial charge in [0, 0.05) is 43.2 Å². The minimum atomic E-state index is -1.99. The van der Waals surface area contributed by atoms with Crippen LogP contribution in [0.1, 0.15) is 46.1 Å². The van der Waals surface area contributed by atoms with E-state index in [4.69, 9.17) is 21.2 Å². The molecule has 2 fully saturated rings. The molecule has 0 bridgehead atoms. The Kier molecular flexibility index (Phi) is 7.32. The lowest BCUT2D eigenvalue weighted by Gasteiger charge is -2.59. The summed E-state index contributed by atoms with van der Waals surface area (Å²) in [4.78, 5) is 43.2. The number of hydrogen-bond donors (Lipinski definition) is 4. The molecule has 1 saturated heterocycles. The predicted octanol–water partition coefficient (Wildman–Crippen LogP) is 2.64. The molecule has 1 saturated carbocycles. The number of aldehydes is 1. The highest BCUT2D eigenvalue weighted by atomic mass is 35.5. The van der Waals surface area contributed by atoms with Crippen molar-refractivity contribution in [3.05, 3.63) is 40.4 Å². The Morgan fingerprint density at radius 1 is 1.27 bits per heavy atom. The number of hydrogen-bond acceptors (Lipinski definition) is 9. The van der Waals surface area contributed by atoms with Crippen molar-refractivity contribution in [3.63, 3.8) is 0 Å². The summed E-state index contributed by atoms with van der Waals surface area (Å²) in [5, 5.41) is 40.7. The molecule has 2 aliphatic heterocycles. The van der Waals surface area contributed by atoms with E-state index in [1.54, 1.807) is 32.2 Å². The Labute approximate surface area is 238 Å². The quantitative estimate of drug-likeness (QED) is 0.234. The molecule has 0 amide bonds. The SMILES string of the molecule is CC(=O)OC1C(C)=C[C@@H]2[C@H](C(C)C=O)CC[C@@H](C)[C@]2(O)[C@H]1[C@H]1[C@@H](C(=O)O)N[C@@H]2ON(C)c3c(Cl)cccc3[C@]12O. The average molecular weight is 577 g/mol. The normalized spacial score (nSPS) is 41.2. The van der Waals surface area contributed by atoms with Crippen molar-refractivity contribution in [1.82, 2.24) is 5.32 Å². The van der Waals surface area contributed by atoms with Crippen LogP contribution in [-0.4, -0.2) is 64.6 Å². The summed E-state index contributed by atoms with van der Waals surface area (Å²) >= 11 is 6.54. The topological polar surface area (TPSA) is 146 Å². The average Bonchev–Trinajstić information content (AvgIpc) is 3.18. The summed E-state index contributed by atoms with van der Waals surface area (Å²) in [6.45, 7) is 6.73. The van der Waals surface area contributed by atoms with E-state index in [1.807, 2.05) is 19.9 Å². The minimum absolute atomic E-state index is 0.229. The van der Waals surface area contributed by atoms with E-state index in [-0.39, 0.29) is 17.8 Å². The van der Waals surface area contributed by atoms with Gasteiger partial charge in [-0.25, -0.2) is 0 Å². The van der Waals surface area contributed by atoms with E-state index < -0.39 is 59.3 Å². The second-order valence-electron chi connectivity index (χ2n) is 12.0. The summed E-state index contributed by atoms with van der Waals surface area (Å²) < 4.78 is 5.85. The predicted molar refractivity (Wildman–Crippen MR) is 145 cm³/mol. The maximum Gasteiger partial charge on any atom is 0.321 e. The summed E-state index contributed by atoms with van der Waals surface area (Å²) in [5.41, 5.74) is -2.27. The van der Waals surface area contributed by atoms with E-state index in [2.05, 4.69) is 5.32 Å². The molecule has 1 aromatic carbocycles. The highest BCUT2D eigenvalue weighted by Crippen LogP contribution is 2.61. The van der Waals surface area contributed by atoms with Gasteiger partial charge in [0.15, 0.2) is 6.23 Å². The largest absolute Gasteiger partial charge is 0.480 e. The number of ether oxygens (including phenoxy) is 1. The van der Waals surface area contributed by atoms with E-state index in [9.17, 15) is 29.7 Å². The molecule has 40 heavy (non-hydrogen) atoms. The van der Waals surface area contributed by atoms with Crippen LogP contribution in [-0.2, 0) is 29.6 Å². The zero-order valence-corrected chi connectivity index (χ0v) is 24.0. The third kappa shape index (κ3) is 4.02. The minimum Gasteiger partial charge on any atom is -0.480 e. The Morgan fingerprint density at radius 2 is 1.98 bits per heavy atom. The molecule has 218 valence electrons. The second kappa shape index (κ2) is 10.1. The van der Waals surface area contributed by atoms with E-state index >= 15 is 0 Å². The number of aliphatic carboxylic acids is 1. The number of aliphatic hydroxyl groups is 2. The third-order valence-corrected chi connectivity index (χ3v) is 10.2. The van der Waals surface area contributed by atoms with Gasteiger partial charge in [-0.2, -0.15) is 0 Å². The number of anilines is 1. The number of nitrogens with zero attached hydrogens (tertiary/aromatic N) is 1. The van der Waals surface area contributed by atoms with Crippen molar-refractivity contribution in [3.8, 4) is 0 Å². The Bertz CT molecular complexity index is 1260. The molecule has 11 atom stereocenters. The number of para-hydroxylation sites is 1. The maximum absolute atomic E-state index is 12.9. The number of carboxylic acid groups (broad SMARTS) is 1. The molecule has 2 aliphatic carbocycles. The molecule has 4 N–H and O–H groups in total. The van der Waals surface area contributed by atoms with Gasteiger partial charge in [-0.3, -0.25) is 24.8 Å². The van der Waals surface area contributed by atoms with Crippen molar-refractivity contribution >= 4 is 35.5 Å². The molecule has 2 unspecified atom stereocenters. The van der Waals surface area contributed by atoms with Crippen LogP contribution < -0.4 is 10.4 Å². The summed E-state index contributed by atoms with van der Waals surface area (Å²) in [6.07, 6.45) is 1.76. The van der Waals surface area contributed by atoms with E-state index in [1.165, 1.54) is 12.0 Å². The Balaban J connectivity index is 1.79. The molecule has 4 aliphatic rings. The number of hydroxylamine groups is 1. The van der Waals surface area contributed by atoms with Crippen LogP contribution >= 0.6 is 11.6 Å². The first-order valence-electron chi connectivity index (χ1n) is 13.7. The molecule has 11 heteroatoms. The van der Waals surface area contributed by atoms with Crippen LogP contribution in [0, 0.1) is 35.5 Å². The van der Waals surface area contributed by atoms with Gasteiger partial charge < -0.3 is 24.9 Å². The van der Waals surface area contributed by atoms with Crippen molar-refractivity contribution < 1.29 is 39.3 Å². The van der Waals surface area contributed by atoms with Gasteiger partial charge >= 0.3 is 11.9 Å². The first-order chi connectivity index (χ1) is 18.8. The molecule has 5 rings (SSSR count). The van der Waals surface area contributed by atoms with Gasteiger partial charge in [0.05, 0.1) is 16.3 Å². The van der Waals surface area contributed by atoms with Crippen LogP contribution in [0.4, 0.5) is 5.69 Å². The number of halogens is 1. The first-order valence-corrected chi connectivity index (χ1v) is 14.1. The molecule has 2 heterocycles. The molecular weight excluding hydrogens is 540 g/mol.